The molecule has 2 aliphatic heterocycles. The number of aliphatic hydroxyl groups is 2. The van der Waals surface area contributed by atoms with Gasteiger partial charge in [-0.15, -0.1) is 5.10 Å². The van der Waals surface area contributed by atoms with E-state index in [4.69, 9.17) is 78.2 Å². The minimum atomic E-state index is -4.44. The Kier molecular flexibility index (Phi) is 25.3. The van der Waals surface area contributed by atoms with Crippen molar-refractivity contribution in [2.75, 3.05) is 137 Å². The van der Waals surface area contributed by atoms with Gasteiger partial charge < -0.3 is 86.5 Å². The lowest BCUT2D eigenvalue weighted by molar-refractivity contribution is -0.136. The molecule has 5 heterocycles. The number of halogens is 4. The van der Waals surface area contributed by atoms with E-state index in [2.05, 4.69) is 30.1 Å². The summed E-state index contributed by atoms with van der Waals surface area (Å²) in [4.78, 5) is 40.5. The molecule has 5 aromatic rings. The highest BCUT2D eigenvalue weighted by atomic mass is 35.5. The van der Waals surface area contributed by atoms with Crippen LogP contribution in [0, 0.1) is 17.5 Å². The van der Waals surface area contributed by atoms with Crippen LogP contribution in [0.1, 0.15) is 18.3 Å². The van der Waals surface area contributed by atoms with Gasteiger partial charge in [0.25, 0.3) is 0 Å². The molecular weight excluding hydrogens is 1120 g/mol. The van der Waals surface area contributed by atoms with Gasteiger partial charge in [-0.2, -0.15) is 15.1 Å². The summed E-state index contributed by atoms with van der Waals surface area (Å²) < 4.78 is 126. The molecule has 27 nitrogen and oxygen atoms in total. The highest BCUT2D eigenvalue weighted by molar-refractivity contribution is 7.51. The monoisotopic (exact) mass is 1180 g/mol. The first-order chi connectivity index (χ1) is 38.7. The van der Waals surface area contributed by atoms with Gasteiger partial charge in [-0.05, 0) is 35.9 Å². The molecule has 0 bridgehead atoms. The lowest BCUT2D eigenvalue weighted by atomic mass is 10.1. The molecule has 0 radical (unpaired) electrons. The van der Waals surface area contributed by atoms with E-state index in [9.17, 15) is 32.7 Å². The minimum Gasteiger partial charge on any atom is -0.491 e. The molecule has 32 heteroatoms. The van der Waals surface area contributed by atoms with Crippen molar-refractivity contribution < 1.29 is 104 Å². The second-order valence-corrected chi connectivity index (χ2v) is 19.5. The van der Waals surface area contributed by atoms with E-state index in [-0.39, 0.29) is 56.5 Å². The van der Waals surface area contributed by atoms with Gasteiger partial charge in [0.2, 0.25) is 11.0 Å². The van der Waals surface area contributed by atoms with Crippen molar-refractivity contribution in [1.82, 2.24) is 34.7 Å². The number of carbonyl (C=O) groups is 1. The summed E-state index contributed by atoms with van der Waals surface area (Å²) >= 11 is 6.30. The fraction of sp³-hybridized carbons (Fsp3) is 0.583. The van der Waals surface area contributed by atoms with Gasteiger partial charge in [-0.3, -0.25) is 9.36 Å². The van der Waals surface area contributed by atoms with Crippen LogP contribution in [0.3, 0.4) is 0 Å². The van der Waals surface area contributed by atoms with Gasteiger partial charge in [-0.1, -0.05) is 5.21 Å². The Morgan fingerprint density at radius 3 is 1.94 bits per heavy atom. The number of esters is 1. The number of benzene rings is 2. The number of ether oxygens (including phenoxy) is 13. The number of anilines is 1. The molecule has 2 aliphatic rings. The summed E-state index contributed by atoms with van der Waals surface area (Å²) in [6.07, 6.45) is -3.17. The van der Waals surface area contributed by atoms with Crippen LogP contribution in [0.25, 0.3) is 11.0 Å². The molecule has 0 saturated carbocycles. The number of hydrogen-bond acceptors (Lipinski definition) is 23. The molecule has 0 aliphatic carbocycles. The Morgan fingerprint density at radius 2 is 1.31 bits per heavy atom. The Bertz CT molecular complexity index is 2690. The Balaban J connectivity index is 0.621. The molecule has 0 spiro atoms. The van der Waals surface area contributed by atoms with Gasteiger partial charge in [0.1, 0.15) is 66.2 Å². The van der Waals surface area contributed by atoms with Crippen molar-refractivity contribution in [3.8, 4) is 17.2 Å². The topological polar surface area (TPSA) is 313 Å². The SMILES string of the molecule is O=C(CCOCCOCCOCCOCCn1cc(COCCOCCOCCOCCOc2ccc(OC3CN(c4nc(Cl)nc5c4cnn5[C@@H]4O[C@H](COCP(=O)(O)O)[C@@H](O)[C@H]4O)C3)cc2)nn1)Oc1c(F)cc(F)cc1F. The minimum absolute atomic E-state index is 0.0573. The molecule has 0 amide bonds. The quantitative estimate of drug-likeness (QED) is 0.0144. The molecule has 442 valence electrons. The van der Waals surface area contributed by atoms with Crippen molar-refractivity contribution in [2.24, 2.45) is 0 Å². The van der Waals surface area contributed by atoms with E-state index in [1.165, 1.54) is 10.9 Å². The maximum Gasteiger partial charge on any atom is 0.350 e. The van der Waals surface area contributed by atoms with E-state index >= 15 is 0 Å². The molecular formula is C48H63ClF3N8O19P. The fourth-order valence-corrected chi connectivity index (χ4v) is 8.10. The molecule has 4 N–H and O–H groups in total. The number of carbonyl (C=O) groups excluding carboxylic acids is 1. The van der Waals surface area contributed by atoms with Crippen LogP contribution in [-0.4, -0.2) is 217 Å². The molecule has 0 unspecified atom stereocenters. The van der Waals surface area contributed by atoms with Crippen LogP contribution in [0.5, 0.6) is 17.2 Å². The third-order valence-electron chi connectivity index (χ3n) is 11.5. The molecule has 2 aromatic carbocycles. The third-order valence-corrected chi connectivity index (χ3v) is 12.1. The Labute approximate surface area is 461 Å². The third kappa shape index (κ3) is 20.3. The predicted molar refractivity (Wildman–Crippen MR) is 270 cm³/mol. The number of hydrogen-bond donors (Lipinski definition) is 4. The largest absolute Gasteiger partial charge is 0.491 e. The summed E-state index contributed by atoms with van der Waals surface area (Å²) in [5, 5.41) is 34.2. The summed E-state index contributed by atoms with van der Waals surface area (Å²) in [5.74, 6) is -3.84. The van der Waals surface area contributed by atoms with E-state index in [1.54, 1.807) is 23.0 Å². The Hall–Kier alpha value is -5.25. The lowest BCUT2D eigenvalue weighted by Gasteiger charge is -2.40. The number of fused-ring (bicyclic) bond motifs is 1. The van der Waals surface area contributed by atoms with Crippen molar-refractivity contribution in [3.05, 3.63) is 77.2 Å². The van der Waals surface area contributed by atoms with E-state index in [0.29, 0.717) is 146 Å². The first-order valence-corrected chi connectivity index (χ1v) is 27.4. The maximum atomic E-state index is 13.6. The summed E-state index contributed by atoms with van der Waals surface area (Å²) in [6.45, 7) is 6.56. The average molecular weight is 1180 g/mol. The highest BCUT2D eigenvalue weighted by Crippen LogP contribution is 2.37. The smallest absolute Gasteiger partial charge is 0.350 e. The van der Waals surface area contributed by atoms with Crippen LogP contribution < -0.4 is 19.1 Å². The van der Waals surface area contributed by atoms with Gasteiger partial charge in [0.05, 0.1) is 156 Å². The van der Waals surface area contributed by atoms with E-state index in [0.717, 1.165) is 0 Å². The van der Waals surface area contributed by atoms with Crippen molar-refractivity contribution in [2.45, 2.75) is 50.2 Å². The zero-order valence-electron chi connectivity index (χ0n) is 43.2. The van der Waals surface area contributed by atoms with Crippen LogP contribution in [0.2, 0.25) is 5.28 Å². The first-order valence-electron chi connectivity index (χ1n) is 25.3. The number of rotatable bonds is 39. The summed E-state index contributed by atoms with van der Waals surface area (Å²) in [6, 6.07) is 8.07. The second-order valence-electron chi connectivity index (χ2n) is 17.6. The van der Waals surface area contributed by atoms with Gasteiger partial charge in [0.15, 0.2) is 23.5 Å². The predicted octanol–water partition coefficient (Wildman–Crippen LogP) is 2.23. The summed E-state index contributed by atoms with van der Waals surface area (Å²) in [5.41, 5.74) is 0.917. The second kappa shape index (κ2) is 32.4. The van der Waals surface area contributed by atoms with Gasteiger partial charge >= 0.3 is 13.6 Å². The van der Waals surface area contributed by atoms with Crippen LogP contribution in [0.15, 0.2) is 48.8 Å². The number of aromatic nitrogens is 7. The van der Waals surface area contributed by atoms with Crippen molar-refractivity contribution in [3.63, 3.8) is 0 Å². The molecule has 2 saturated heterocycles. The van der Waals surface area contributed by atoms with Crippen LogP contribution in [-0.2, 0) is 69.9 Å². The maximum absolute atomic E-state index is 13.6. The number of aliphatic hydroxyl groups excluding tert-OH is 2. The molecule has 2 fully saturated rings. The number of nitrogens with zero attached hydrogens (tertiary/aromatic N) is 8. The van der Waals surface area contributed by atoms with Gasteiger partial charge in [0, 0.05) is 12.1 Å². The normalized spacial score (nSPS) is 17.6. The van der Waals surface area contributed by atoms with Crippen molar-refractivity contribution >= 4 is 42.0 Å². The average Bonchev–Trinajstić information content (AvgIpc) is 4.15. The molecule has 7 rings (SSSR count). The van der Waals surface area contributed by atoms with Crippen LogP contribution >= 0.6 is 19.2 Å². The Morgan fingerprint density at radius 1 is 0.738 bits per heavy atom. The van der Waals surface area contributed by atoms with E-state index in [1.807, 2.05) is 17.0 Å². The fourth-order valence-electron chi connectivity index (χ4n) is 7.60. The van der Waals surface area contributed by atoms with Gasteiger partial charge in [-0.25, -0.2) is 22.5 Å². The summed E-state index contributed by atoms with van der Waals surface area (Å²) in [7, 11) is -4.44. The first kappa shape index (κ1) is 62.4. The molecule has 80 heavy (non-hydrogen) atoms. The molecule has 4 atom stereocenters. The zero-order chi connectivity index (χ0) is 56.7. The van der Waals surface area contributed by atoms with Crippen LogP contribution in [0.4, 0.5) is 19.0 Å². The molecule has 3 aromatic heterocycles. The van der Waals surface area contributed by atoms with E-state index < -0.39 is 67.7 Å². The highest BCUT2D eigenvalue weighted by Gasteiger charge is 2.45. The standard InChI is InChI=1S/C48H63ClF3N8O19P/c49-48-54-45(37-25-53-60(46(37)55-48)47-43(63)42(62)40(78-47)30-75-31-80(64,65)66)58-27-36(28-58)77-35-3-1-34(2-4-35)76-22-21-73-18-17-71-15-16-72-19-20-74-29-33-26-59(57-56-33)6-8-68-10-12-70-14-13-69-11-9-67-7-5-41(61)79-44-38(51)23-32(50)24-39(44)52/h1-4,23-26,36,40,42-43,47,62-63H,5-22,27-31H2,(H2,64,65,66)/t40-,42-,43-,47-/m1/s1. The zero-order valence-corrected chi connectivity index (χ0v) is 44.9. The lowest BCUT2D eigenvalue weighted by Crippen LogP contribution is -2.54. The van der Waals surface area contributed by atoms with Crippen molar-refractivity contribution in [1.29, 1.82) is 0 Å².